The third kappa shape index (κ3) is 0.945. The molecule has 2 unspecified atom stereocenters. The van der Waals surface area contributed by atoms with Crippen molar-refractivity contribution in [2.75, 3.05) is 7.11 Å². The van der Waals surface area contributed by atoms with Crippen molar-refractivity contribution in [3.05, 3.63) is 0 Å². The van der Waals surface area contributed by atoms with Gasteiger partial charge in [-0.1, -0.05) is 0 Å². The molecular weight excluding hydrogens is 172 g/mol. The van der Waals surface area contributed by atoms with Gasteiger partial charge in [-0.3, -0.25) is 9.59 Å². The molecule has 0 bridgehead atoms. The standard InChI is InChI=1S/C6H7F2NO3/c1-12-5(11)6(2-3(6)7)4(10)9-8/h3H,2H2,1H3,(H,9,10). The van der Waals surface area contributed by atoms with Crippen molar-refractivity contribution < 1.29 is 23.2 Å². The van der Waals surface area contributed by atoms with Crippen molar-refractivity contribution in [1.29, 1.82) is 0 Å². The molecule has 1 rings (SSSR count). The maximum absolute atomic E-state index is 12.6. The van der Waals surface area contributed by atoms with Crippen molar-refractivity contribution in [1.82, 2.24) is 5.54 Å². The van der Waals surface area contributed by atoms with Crippen LogP contribution in [0.15, 0.2) is 0 Å². The molecule has 0 aromatic carbocycles. The number of halogens is 2. The molecule has 1 fully saturated rings. The molecule has 6 heteroatoms. The summed E-state index contributed by atoms with van der Waals surface area (Å²) in [6.45, 7) is 0. The Morgan fingerprint density at radius 3 is 2.42 bits per heavy atom. The topological polar surface area (TPSA) is 55.4 Å². The minimum atomic E-state index is -1.93. The number of nitrogens with one attached hydrogen (secondary N) is 1. The van der Waals surface area contributed by atoms with E-state index in [2.05, 4.69) is 4.74 Å². The molecule has 0 aliphatic heterocycles. The molecule has 0 saturated heterocycles. The summed E-state index contributed by atoms with van der Waals surface area (Å²) in [5.41, 5.74) is -1.19. The Labute approximate surface area is 66.8 Å². The zero-order chi connectivity index (χ0) is 9.35. The van der Waals surface area contributed by atoms with Crippen molar-refractivity contribution >= 4 is 11.9 Å². The minimum Gasteiger partial charge on any atom is -0.468 e. The van der Waals surface area contributed by atoms with Crippen LogP contribution in [0.2, 0.25) is 0 Å². The fourth-order valence-corrected chi connectivity index (χ4v) is 1.03. The lowest BCUT2D eigenvalue weighted by atomic mass is 10.1. The number of esters is 1. The van der Waals surface area contributed by atoms with E-state index in [0.717, 1.165) is 12.6 Å². The third-order valence-corrected chi connectivity index (χ3v) is 1.92. The first kappa shape index (κ1) is 8.89. The zero-order valence-corrected chi connectivity index (χ0v) is 6.27. The van der Waals surface area contributed by atoms with Crippen LogP contribution in [0.1, 0.15) is 6.42 Å². The van der Waals surface area contributed by atoms with Gasteiger partial charge in [-0.15, -0.1) is 4.48 Å². The van der Waals surface area contributed by atoms with Gasteiger partial charge in [0.25, 0.3) is 5.91 Å². The van der Waals surface area contributed by atoms with E-state index in [1.54, 1.807) is 0 Å². The van der Waals surface area contributed by atoms with E-state index in [1.807, 2.05) is 0 Å². The van der Waals surface area contributed by atoms with Crippen molar-refractivity contribution in [2.24, 2.45) is 5.41 Å². The second-order valence-electron chi connectivity index (χ2n) is 2.56. The van der Waals surface area contributed by atoms with Crippen LogP contribution in [0.5, 0.6) is 0 Å². The van der Waals surface area contributed by atoms with Gasteiger partial charge < -0.3 is 4.74 Å². The number of methoxy groups -OCH3 is 1. The van der Waals surface area contributed by atoms with E-state index in [0.29, 0.717) is 0 Å². The Morgan fingerprint density at radius 1 is 1.67 bits per heavy atom. The van der Waals surface area contributed by atoms with E-state index in [1.165, 1.54) is 0 Å². The summed E-state index contributed by atoms with van der Waals surface area (Å²) < 4.78 is 28.4. The molecule has 1 N–H and O–H groups in total. The first-order chi connectivity index (χ1) is 5.59. The van der Waals surface area contributed by atoms with Gasteiger partial charge in [0.1, 0.15) is 6.17 Å². The van der Waals surface area contributed by atoms with E-state index in [-0.39, 0.29) is 6.42 Å². The molecule has 1 aliphatic rings. The molecule has 68 valence electrons. The van der Waals surface area contributed by atoms with E-state index in [9.17, 15) is 18.5 Å². The molecular formula is C6H7F2NO3. The zero-order valence-electron chi connectivity index (χ0n) is 6.27. The van der Waals surface area contributed by atoms with Crippen molar-refractivity contribution in [2.45, 2.75) is 12.6 Å². The van der Waals surface area contributed by atoms with Crippen molar-refractivity contribution in [3.8, 4) is 0 Å². The fraction of sp³-hybridized carbons (Fsp3) is 0.667. The Kier molecular flexibility index (Phi) is 1.99. The summed E-state index contributed by atoms with van der Waals surface area (Å²) in [5, 5.41) is 0. The molecule has 1 aliphatic carbocycles. The monoisotopic (exact) mass is 179 g/mol. The number of ether oxygens (including phenoxy) is 1. The summed E-state index contributed by atoms with van der Waals surface area (Å²) in [4.78, 5) is 21.5. The molecule has 4 nitrogen and oxygen atoms in total. The quantitative estimate of drug-likeness (QED) is 0.365. The summed E-state index contributed by atoms with van der Waals surface area (Å²) in [6, 6.07) is 0. The second-order valence-corrected chi connectivity index (χ2v) is 2.56. The van der Waals surface area contributed by atoms with Gasteiger partial charge in [-0.2, -0.15) is 5.54 Å². The smallest absolute Gasteiger partial charge is 0.324 e. The predicted octanol–water partition coefficient (Wildman–Crippen LogP) is -0.112. The molecule has 2 atom stereocenters. The molecule has 0 spiro atoms. The van der Waals surface area contributed by atoms with Gasteiger partial charge in [0, 0.05) is 6.42 Å². The minimum absolute atomic E-state index is 0.310. The number of carbonyl (C=O) groups excluding carboxylic acids is 2. The maximum Gasteiger partial charge on any atom is 0.324 e. The number of alkyl halides is 1. The van der Waals surface area contributed by atoms with Gasteiger partial charge in [0.15, 0.2) is 5.41 Å². The Hall–Kier alpha value is -1.20. The molecule has 0 radical (unpaired) electrons. The molecule has 0 aromatic rings. The van der Waals surface area contributed by atoms with Gasteiger partial charge in [0.2, 0.25) is 0 Å². The second kappa shape index (κ2) is 2.69. The Balaban J connectivity index is 2.79. The van der Waals surface area contributed by atoms with E-state index >= 15 is 0 Å². The molecule has 12 heavy (non-hydrogen) atoms. The van der Waals surface area contributed by atoms with Crippen LogP contribution >= 0.6 is 0 Å². The number of amides is 1. The Bertz CT molecular complexity index is 215. The number of hydrogen-bond donors (Lipinski definition) is 1. The predicted molar refractivity (Wildman–Crippen MR) is 33.2 cm³/mol. The van der Waals surface area contributed by atoms with Crippen LogP contribution < -0.4 is 5.54 Å². The van der Waals surface area contributed by atoms with Gasteiger partial charge >= 0.3 is 5.97 Å². The lowest BCUT2D eigenvalue weighted by molar-refractivity contribution is -0.154. The Morgan fingerprint density at radius 2 is 2.17 bits per heavy atom. The normalized spacial score (nSPS) is 32.4. The lowest BCUT2D eigenvalue weighted by Gasteiger charge is -2.07. The number of rotatable bonds is 2. The number of hydrogen-bond acceptors (Lipinski definition) is 3. The van der Waals surface area contributed by atoms with Crippen LogP contribution in [-0.2, 0) is 14.3 Å². The fourth-order valence-electron chi connectivity index (χ4n) is 1.03. The van der Waals surface area contributed by atoms with Crippen LogP contribution in [0.3, 0.4) is 0 Å². The van der Waals surface area contributed by atoms with E-state index < -0.39 is 23.5 Å². The molecule has 0 heterocycles. The SMILES string of the molecule is COC(=O)C1(C(=O)NF)CC1F. The van der Waals surface area contributed by atoms with Crippen LogP contribution in [0.25, 0.3) is 0 Å². The summed E-state index contributed by atoms with van der Waals surface area (Å²) in [5.74, 6) is -2.31. The molecule has 0 aromatic heterocycles. The first-order valence-corrected chi connectivity index (χ1v) is 3.23. The van der Waals surface area contributed by atoms with E-state index in [4.69, 9.17) is 0 Å². The molecule has 1 amide bonds. The average molecular weight is 179 g/mol. The van der Waals surface area contributed by atoms with Crippen LogP contribution in [0, 0.1) is 5.41 Å². The first-order valence-electron chi connectivity index (χ1n) is 3.23. The highest BCUT2D eigenvalue weighted by Gasteiger charge is 2.68. The average Bonchev–Trinajstić information content (AvgIpc) is 2.76. The van der Waals surface area contributed by atoms with Gasteiger partial charge in [-0.25, -0.2) is 4.39 Å². The largest absolute Gasteiger partial charge is 0.468 e. The summed E-state index contributed by atoms with van der Waals surface area (Å²) in [7, 11) is 1.01. The molecule has 1 saturated carbocycles. The third-order valence-electron chi connectivity index (χ3n) is 1.92. The highest BCUT2D eigenvalue weighted by atomic mass is 19.2. The highest BCUT2D eigenvalue weighted by molar-refractivity contribution is 6.06. The highest BCUT2D eigenvalue weighted by Crippen LogP contribution is 2.49. The summed E-state index contributed by atoms with van der Waals surface area (Å²) in [6.07, 6.45) is -1.95. The summed E-state index contributed by atoms with van der Waals surface area (Å²) >= 11 is 0. The van der Waals surface area contributed by atoms with Gasteiger partial charge in [0.05, 0.1) is 7.11 Å². The van der Waals surface area contributed by atoms with Crippen LogP contribution in [0.4, 0.5) is 8.87 Å². The lowest BCUT2D eigenvalue weighted by Crippen LogP contribution is -2.36. The van der Waals surface area contributed by atoms with Gasteiger partial charge in [-0.05, 0) is 0 Å². The maximum atomic E-state index is 12.6. The van der Waals surface area contributed by atoms with Crippen LogP contribution in [-0.4, -0.2) is 25.2 Å². The van der Waals surface area contributed by atoms with Crippen molar-refractivity contribution in [3.63, 3.8) is 0 Å². The number of carbonyl (C=O) groups is 2.